The Hall–Kier alpha value is -5.93. The van der Waals surface area contributed by atoms with Crippen molar-refractivity contribution in [2.75, 3.05) is 23.9 Å². The van der Waals surface area contributed by atoms with Crippen LogP contribution < -0.4 is 15.4 Å². The molecule has 0 radical (unpaired) electrons. The lowest BCUT2D eigenvalue weighted by molar-refractivity contribution is 0.101. The lowest BCUT2D eigenvalue weighted by Crippen LogP contribution is -2.12. The van der Waals surface area contributed by atoms with E-state index in [1.807, 2.05) is 20.9 Å². The molecule has 0 aliphatic rings. The van der Waals surface area contributed by atoms with Crippen molar-refractivity contribution in [3.05, 3.63) is 109 Å². The molecule has 0 saturated heterocycles. The number of benzene rings is 2. The van der Waals surface area contributed by atoms with Crippen LogP contribution in [0.3, 0.4) is 0 Å². The zero-order chi connectivity index (χ0) is 32.3. The summed E-state index contributed by atoms with van der Waals surface area (Å²) in [4.78, 5) is 42.6. The molecule has 234 valence electrons. The first kappa shape index (κ1) is 29.8. The molecule has 6 aromatic heterocycles. The monoisotopic (exact) mass is 666 g/mol. The van der Waals surface area contributed by atoms with E-state index >= 15 is 0 Å². The molecule has 47 heavy (non-hydrogen) atoms. The normalized spacial score (nSPS) is 11.1. The molecule has 12 nitrogen and oxygen atoms in total. The van der Waals surface area contributed by atoms with Crippen molar-refractivity contribution in [3.8, 4) is 11.5 Å². The Bertz CT molecular complexity index is 2370. The van der Waals surface area contributed by atoms with Gasteiger partial charge in [0.2, 0.25) is 0 Å². The number of halogens is 1. The maximum absolute atomic E-state index is 12.3. The van der Waals surface area contributed by atoms with Crippen molar-refractivity contribution in [1.29, 1.82) is 0 Å². The van der Waals surface area contributed by atoms with E-state index in [-0.39, 0.29) is 24.2 Å². The van der Waals surface area contributed by atoms with E-state index < -0.39 is 6.67 Å². The summed E-state index contributed by atoms with van der Waals surface area (Å²) in [6, 6.07) is 17.6. The van der Waals surface area contributed by atoms with Gasteiger partial charge in [0.05, 0.1) is 44.2 Å². The maximum Gasteiger partial charge on any atom is 0.275 e. The summed E-state index contributed by atoms with van der Waals surface area (Å²) in [6.45, 7) is -0.492. The number of carbonyl (C=O) groups excluding carboxylic acids is 2. The van der Waals surface area contributed by atoms with Crippen molar-refractivity contribution >= 4 is 76.2 Å². The van der Waals surface area contributed by atoms with E-state index in [9.17, 15) is 19.1 Å². The van der Waals surface area contributed by atoms with Gasteiger partial charge in [-0.05, 0) is 60.7 Å². The molecular weight excluding hydrogens is 644 g/mol. The number of amides is 2. The number of nitrogens with one attached hydrogen (secondary N) is 2. The fraction of sp³-hybridized carbons (Fsp3) is 0.0625. The van der Waals surface area contributed by atoms with Gasteiger partial charge in [0.15, 0.2) is 9.92 Å². The molecule has 8 rings (SSSR count). The number of imidazole rings is 2. The summed E-state index contributed by atoms with van der Waals surface area (Å²) in [7, 11) is 0. The summed E-state index contributed by atoms with van der Waals surface area (Å²) < 4.78 is 23.1. The molecule has 0 fully saturated rings. The number of pyridine rings is 2. The van der Waals surface area contributed by atoms with E-state index in [1.54, 1.807) is 85.7 Å². The molecule has 8 aromatic rings. The Balaban J connectivity index is 0.000000151. The number of rotatable bonds is 7. The van der Waals surface area contributed by atoms with Gasteiger partial charge >= 0.3 is 0 Å². The van der Waals surface area contributed by atoms with E-state index in [0.717, 1.165) is 20.4 Å². The summed E-state index contributed by atoms with van der Waals surface area (Å²) in [5, 5.41) is 15.0. The highest BCUT2D eigenvalue weighted by atomic mass is 32.1. The van der Waals surface area contributed by atoms with Crippen LogP contribution in [0.1, 0.15) is 21.0 Å². The number of phenols is 1. The average Bonchev–Trinajstić information content (AvgIpc) is 3.84. The van der Waals surface area contributed by atoms with Crippen molar-refractivity contribution in [2.45, 2.75) is 0 Å². The smallest absolute Gasteiger partial charge is 0.275 e. The van der Waals surface area contributed by atoms with Gasteiger partial charge in [0.25, 0.3) is 11.8 Å². The number of ether oxygens (including phenoxy) is 1. The minimum absolute atomic E-state index is 0.0344. The standard InChI is InChI=1S/C17H13FN4O2S.C15H10N4O2S/c18-5-7-24-12-3-4-14-15(8-12)25-17-21-13(10-22(14)17)16(23)20-11-2-1-6-19-9-11;20-10-3-4-12-13(6-10)22-15-18-11(8-19(12)15)14(21)17-9-2-1-5-16-7-9/h1-4,6,8-10H,5,7H2,(H,20,23);1-8,20H,(H,17,21). The Morgan fingerprint density at radius 2 is 1.34 bits per heavy atom. The number of anilines is 2. The highest BCUT2D eigenvalue weighted by Crippen LogP contribution is 2.31. The predicted octanol–water partition coefficient (Wildman–Crippen LogP) is 6.45. The number of hydrogen-bond acceptors (Lipinski definition) is 10. The SMILES string of the molecule is O=C(Nc1cccnc1)c1cn2c(n1)sc1cc(O)ccc12.O=C(Nc1cccnc1)c1cn2c(n1)sc1cc(OCCF)ccc12. The van der Waals surface area contributed by atoms with Gasteiger partial charge in [-0.15, -0.1) is 0 Å². The maximum atomic E-state index is 12.3. The molecule has 6 heterocycles. The van der Waals surface area contributed by atoms with Gasteiger partial charge < -0.3 is 20.5 Å². The van der Waals surface area contributed by atoms with Gasteiger partial charge in [0.1, 0.15) is 36.2 Å². The number of aromatic nitrogens is 6. The van der Waals surface area contributed by atoms with Gasteiger partial charge in [-0.3, -0.25) is 28.4 Å². The molecule has 0 atom stereocenters. The molecule has 0 spiro atoms. The number of phenolic OH excluding ortho intramolecular Hbond substituents is 1. The summed E-state index contributed by atoms with van der Waals surface area (Å²) in [5.74, 6) is 0.256. The van der Waals surface area contributed by atoms with Gasteiger partial charge in [-0.1, -0.05) is 22.7 Å². The van der Waals surface area contributed by atoms with Gasteiger partial charge in [-0.2, -0.15) is 0 Å². The largest absolute Gasteiger partial charge is 0.508 e. The van der Waals surface area contributed by atoms with Crippen LogP contribution in [-0.2, 0) is 0 Å². The summed E-state index contributed by atoms with van der Waals surface area (Å²) >= 11 is 2.86. The number of aromatic hydroxyl groups is 1. The molecule has 0 aliphatic carbocycles. The number of nitrogens with zero attached hydrogens (tertiary/aromatic N) is 6. The van der Waals surface area contributed by atoms with Crippen LogP contribution in [0.25, 0.3) is 30.4 Å². The lowest BCUT2D eigenvalue weighted by Gasteiger charge is -2.03. The predicted molar refractivity (Wildman–Crippen MR) is 179 cm³/mol. The highest BCUT2D eigenvalue weighted by Gasteiger charge is 2.16. The first-order valence-electron chi connectivity index (χ1n) is 14.1. The molecule has 3 N–H and O–H groups in total. The van der Waals surface area contributed by atoms with E-state index in [4.69, 9.17) is 4.74 Å². The first-order chi connectivity index (χ1) is 22.9. The molecule has 15 heteroatoms. The third-order valence-electron chi connectivity index (χ3n) is 6.79. The zero-order valence-corrected chi connectivity index (χ0v) is 25.8. The Labute approximate surface area is 272 Å². The molecule has 2 amide bonds. The number of fused-ring (bicyclic) bond motifs is 6. The van der Waals surface area contributed by atoms with Crippen molar-refractivity contribution in [1.82, 2.24) is 28.7 Å². The van der Waals surface area contributed by atoms with Crippen molar-refractivity contribution in [2.24, 2.45) is 0 Å². The molecule has 2 aromatic carbocycles. The fourth-order valence-corrected chi connectivity index (χ4v) is 6.78. The quantitative estimate of drug-likeness (QED) is 0.176. The average molecular weight is 667 g/mol. The first-order valence-corrected chi connectivity index (χ1v) is 15.7. The van der Waals surface area contributed by atoms with Crippen LogP contribution in [-0.4, -0.2) is 58.9 Å². The topological polar surface area (TPSA) is 148 Å². The van der Waals surface area contributed by atoms with E-state index in [1.165, 1.54) is 22.7 Å². The van der Waals surface area contributed by atoms with E-state index in [2.05, 4.69) is 30.6 Å². The highest BCUT2D eigenvalue weighted by molar-refractivity contribution is 7.24. The fourth-order valence-electron chi connectivity index (χ4n) is 4.70. The second-order valence-electron chi connectivity index (χ2n) is 9.97. The number of hydrogen-bond donors (Lipinski definition) is 3. The molecule has 0 saturated carbocycles. The third kappa shape index (κ3) is 6.29. The second kappa shape index (κ2) is 12.8. The number of carbonyl (C=O) groups is 2. The van der Waals surface area contributed by atoms with Crippen LogP contribution >= 0.6 is 22.7 Å². The molecule has 0 unspecified atom stereocenters. The van der Waals surface area contributed by atoms with Crippen LogP contribution in [0.2, 0.25) is 0 Å². The van der Waals surface area contributed by atoms with Crippen molar-refractivity contribution in [3.63, 3.8) is 0 Å². The Morgan fingerprint density at radius 1 is 0.787 bits per heavy atom. The summed E-state index contributed by atoms with van der Waals surface area (Å²) in [6.07, 6.45) is 9.82. The van der Waals surface area contributed by atoms with E-state index in [0.29, 0.717) is 38.4 Å². The minimum Gasteiger partial charge on any atom is -0.508 e. The van der Waals surface area contributed by atoms with Crippen LogP contribution in [0.5, 0.6) is 11.5 Å². The zero-order valence-electron chi connectivity index (χ0n) is 24.2. The molecule has 0 aliphatic heterocycles. The van der Waals surface area contributed by atoms with Crippen LogP contribution in [0.15, 0.2) is 97.8 Å². The minimum atomic E-state index is -0.527. The second-order valence-corrected chi connectivity index (χ2v) is 12.0. The molecular formula is C32H23FN8O4S2. The lowest BCUT2D eigenvalue weighted by atomic mass is 10.3. The Morgan fingerprint density at radius 3 is 1.87 bits per heavy atom. The Kier molecular flexibility index (Phi) is 8.12. The van der Waals surface area contributed by atoms with Gasteiger partial charge in [-0.25, -0.2) is 14.4 Å². The van der Waals surface area contributed by atoms with Crippen LogP contribution in [0.4, 0.5) is 15.8 Å². The molecule has 0 bridgehead atoms. The number of thiazole rings is 2. The summed E-state index contributed by atoms with van der Waals surface area (Å²) in [5.41, 5.74) is 3.73. The number of alkyl halides is 1. The van der Waals surface area contributed by atoms with Crippen molar-refractivity contribution < 1.29 is 23.8 Å². The van der Waals surface area contributed by atoms with Gasteiger partial charge in [0, 0.05) is 24.8 Å². The van der Waals surface area contributed by atoms with Crippen LogP contribution in [0, 0.1) is 0 Å². The third-order valence-corrected chi connectivity index (χ3v) is 8.83.